The van der Waals surface area contributed by atoms with Gasteiger partial charge in [0, 0.05) is 34.5 Å². The fourth-order valence-electron chi connectivity index (χ4n) is 2.74. The Bertz CT molecular complexity index is 958. The molecule has 1 heterocycles. The van der Waals surface area contributed by atoms with E-state index in [0.717, 1.165) is 16.6 Å². The van der Waals surface area contributed by atoms with Gasteiger partial charge in [0.05, 0.1) is 5.56 Å². The molecule has 0 saturated carbocycles. The lowest BCUT2D eigenvalue weighted by Crippen LogP contribution is -2.28. The van der Waals surface area contributed by atoms with Gasteiger partial charge in [0.15, 0.2) is 0 Å². The molecular weight excluding hydrogens is 328 g/mol. The topological polar surface area (TPSA) is 86.0 Å². The van der Waals surface area contributed by atoms with Crippen molar-refractivity contribution in [2.75, 3.05) is 17.2 Å². The third-order valence-electron chi connectivity index (χ3n) is 3.93. The summed E-state index contributed by atoms with van der Waals surface area (Å²) in [6, 6.07) is 14.3. The summed E-state index contributed by atoms with van der Waals surface area (Å²) in [5, 5.41) is 9.11. The van der Waals surface area contributed by atoms with E-state index in [0.29, 0.717) is 23.5 Å². The molecule has 0 spiro atoms. The van der Waals surface area contributed by atoms with Crippen molar-refractivity contribution in [1.82, 2.24) is 10.3 Å². The zero-order valence-electron chi connectivity index (χ0n) is 14.4. The maximum Gasteiger partial charge on any atom is 0.319 e. The summed E-state index contributed by atoms with van der Waals surface area (Å²) in [6.07, 6.45) is 1.60. The smallest absolute Gasteiger partial charge is 0.319 e. The molecule has 26 heavy (non-hydrogen) atoms. The maximum atomic E-state index is 12.7. The molecule has 0 radical (unpaired) electrons. The van der Waals surface area contributed by atoms with Crippen molar-refractivity contribution in [3.8, 4) is 0 Å². The van der Waals surface area contributed by atoms with E-state index in [9.17, 15) is 9.59 Å². The van der Waals surface area contributed by atoms with Crippen LogP contribution in [0.25, 0.3) is 10.9 Å². The number of H-pyrrole nitrogens is 1. The van der Waals surface area contributed by atoms with Crippen LogP contribution in [0.3, 0.4) is 0 Å². The van der Waals surface area contributed by atoms with E-state index in [2.05, 4.69) is 27.5 Å². The average molecular weight is 348 g/mol. The molecule has 132 valence electrons. The third-order valence-corrected chi connectivity index (χ3v) is 3.93. The van der Waals surface area contributed by atoms with E-state index >= 15 is 0 Å². The summed E-state index contributed by atoms with van der Waals surface area (Å²) < 4.78 is 0. The summed E-state index contributed by atoms with van der Waals surface area (Å²) in [6.45, 7) is 5.81. The molecule has 3 amide bonds. The largest absolute Gasteiger partial charge is 0.358 e. The van der Waals surface area contributed by atoms with E-state index in [-0.39, 0.29) is 11.9 Å². The number of hydrogen-bond acceptors (Lipinski definition) is 2. The molecule has 1 aromatic heterocycles. The Morgan fingerprint density at radius 1 is 1.04 bits per heavy atom. The molecule has 0 aliphatic carbocycles. The Labute approximate surface area is 151 Å². The van der Waals surface area contributed by atoms with Crippen molar-refractivity contribution in [3.63, 3.8) is 0 Å². The van der Waals surface area contributed by atoms with Gasteiger partial charge in [0.25, 0.3) is 5.91 Å². The second-order valence-corrected chi connectivity index (χ2v) is 5.83. The first-order valence-electron chi connectivity index (χ1n) is 8.23. The molecule has 6 heteroatoms. The van der Waals surface area contributed by atoms with Crippen LogP contribution in [0.5, 0.6) is 0 Å². The molecule has 2 aromatic carbocycles. The minimum atomic E-state index is -0.309. The van der Waals surface area contributed by atoms with Crippen LogP contribution in [0.15, 0.2) is 61.2 Å². The van der Waals surface area contributed by atoms with Gasteiger partial charge in [-0.05, 0) is 37.3 Å². The van der Waals surface area contributed by atoms with Crippen LogP contribution in [0.2, 0.25) is 0 Å². The Morgan fingerprint density at radius 3 is 2.38 bits per heavy atom. The standard InChI is InChI=1S/C20H20N4O2/c1-3-12-21-20(26)24-15-10-8-14(9-11-15)23-19(25)18-13(2)22-17-7-5-4-6-16(17)18/h3-11,22H,1,12H2,2H3,(H,23,25)(H2,21,24,26). The highest BCUT2D eigenvalue weighted by molar-refractivity contribution is 6.14. The van der Waals surface area contributed by atoms with Gasteiger partial charge >= 0.3 is 6.03 Å². The number of anilines is 2. The molecule has 4 N–H and O–H groups in total. The number of urea groups is 1. The molecule has 0 unspecified atom stereocenters. The van der Waals surface area contributed by atoms with Gasteiger partial charge in [-0.2, -0.15) is 0 Å². The van der Waals surface area contributed by atoms with Crippen LogP contribution in [0, 0.1) is 6.92 Å². The number of amides is 3. The molecule has 0 bridgehead atoms. The molecule has 0 atom stereocenters. The number of carbonyl (C=O) groups is 2. The van der Waals surface area contributed by atoms with Crippen LogP contribution in [-0.4, -0.2) is 23.5 Å². The Balaban J connectivity index is 1.70. The number of nitrogens with one attached hydrogen (secondary N) is 4. The van der Waals surface area contributed by atoms with E-state index in [4.69, 9.17) is 0 Å². The lowest BCUT2D eigenvalue weighted by atomic mass is 10.1. The SMILES string of the molecule is C=CCNC(=O)Nc1ccc(NC(=O)c2c(C)[nH]c3ccccc23)cc1. The van der Waals surface area contributed by atoms with Gasteiger partial charge in [-0.25, -0.2) is 4.79 Å². The number of rotatable bonds is 5. The van der Waals surface area contributed by atoms with Gasteiger partial charge in [-0.3, -0.25) is 4.79 Å². The molecule has 0 aliphatic rings. The number of carbonyl (C=O) groups excluding carboxylic acids is 2. The van der Waals surface area contributed by atoms with E-state index in [1.165, 1.54) is 0 Å². The average Bonchev–Trinajstić information content (AvgIpc) is 2.97. The first kappa shape index (κ1) is 17.3. The summed E-state index contributed by atoms with van der Waals surface area (Å²) in [5.74, 6) is -0.176. The monoisotopic (exact) mass is 348 g/mol. The fourth-order valence-corrected chi connectivity index (χ4v) is 2.74. The summed E-state index contributed by atoms with van der Waals surface area (Å²) in [5.41, 5.74) is 3.66. The summed E-state index contributed by atoms with van der Waals surface area (Å²) >= 11 is 0. The van der Waals surface area contributed by atoms with Crippen LogP contribution in [-0.2, 0) is 0 Å². The number of aryl methyl sites for hydroxylation is 1. The van der Waals surface area contributed by atoms with Gasteiger partial charge in [-0.1, -0.05) is 24.3 Å². The van der Waals surface area contributed by atoms with Crippen molar-refractivity contribution < 1.29 is 9.59 Å². The number of para-hydroxylation sites is 1. The highest BCUT2D eigenvalue weighted by atomic mass is 16.2. The molecule has 3 rings (SSSR count). The Morgan fingerprint density at radius 2 is 1.69 bits per heavy atom. The number of aromatic amines is 1. The number of fused-ring (bicyclic) bond motifs is 1. The van der Waals surface area contributed by atoms with Crippen molar-refractivity contribution in [1.29, 1.82) is 0 Å². The quantitative estimate of drug-likeness (QED) is 0.525. The molecular formula is C20H20N4O2. The van der Waals surface area contributed by atoms with Gasteiger partial charge in [0.2, 0.25) is 0 Å². The minimum Gasteiger partial charge on any atom is -0.358 e. The maximum absolute atomic E-state index is 12.7. The van der Waals surface area contributed by atoms with Crippen molar-refractivity contribution in [2.24, 2.45) is 0 Å². The van der Waals surface area contributed by atoms with E-state index in [1.54, 1.807) is 30.3 Å². The second-order valence-electron chi connectivity index (χ2n) is 5.83. The molecule has 0 aliphatic heterocycles. The van der Waals surface area contributed by atoms with Crippen LogP contribution < -0.4 is 16.0 Å². The molecule has 0 saturated heterocycles. The zero-order chi connectivity index (χ0) is 18.5. The lowest BCUT2D eigenvalue weighted by Gasteiger charge is -2.08. The molecule has 3 aromatic rings. The van der Waals surface area contributed by atoms with Crippen molar-refractivity contribution >= 4 is 34.2 Å². The summed E-state index contributed by atoms with van der Waals surface area (Å²) in [4.78, 5) is 27.5. The first-order chi connectivity index (χ1) is 12.6. The minimum absolute atomic E-state index is 0.176. The van der Waals surface area contributed by atoms with Crippen LogP contribution in [0.1, 0.15) is 16.1 Å². The van der Waals surface area contributed by atoms with Crippen LogP contribution >= 0.6 is 0 Å². The summed E-state index contributed by atoms with van der Waals surface area (Å²) in [7, 11) is 0. The van der Waals surface area contributed by atoms with Crippen molar-refractivity contribution in [2.45, 2.75) is 6.92 Å². The lowest BCUT2D eigenvalue weighted by molar-refractivity contribution is 0.102. The Hall–Kier alpha value is -3.54. The predicted molar refractivity (Wildman–Crippen MR) is 105 cm³/mol. The van der Waals surface area contributed by atoms with E-state index < -0.39 is 0 Å². The van der Waals surface area contributed by atoms with E-state index in [1.807, 2.05) is 31.2 Å². The number of benzene rings is 2. The zero-order valence-corrected chi connectivity index (χ0v) is 14.4. The van der Waals surface area contributed by atoms with Crippen molar-refractivity contribution in [3.05, 3.63) is 72.4 Å². The van der Waals surface area contributed by atoms with Gasteiger partial charge < -0.3 is 20.9 Å². The fraction of sp³-hybridized carbons (Fsp3) is 0.100. The Kier molecular flexibility index (Phi) is 5.03. The molecule has 6 nitrogen and oxygen atoms in total. The van der Waals surface area contributed by atoms with Gasteiger partial charge in [-0.15, -0.1) is 6.58 Å². The molecule has 0 fully saturated rings. The highest BCUT2D eigenvalue weighted by Gasteiger charge is 2.15. The third kappa shape index (κ3) is 3.75. The van der Waals surface area contributed by atoms with Crippen LogP contribution in [0.4, 0.5) is 16.2 Å². The second kappa shape index (κ2) is 7.57. The number of hydrogen-bond donors (Lipinski definition) is 4. The number of aromatic nitrogens is 1. The highest BCUT2D eigenvalue weighted by Crippen LogP contribution is 2.23. The normalized spacial score (nSPS) is 10.3. The first-order valence-corrected chi connectivity index (χ1v) is 8.23. The van der Waals surface area contributed by atoms with Gasteiger partial charge in [0.1, 0.15) is 0 Å². The predicted octanol–water partition coefficient (Wildman–Crippen LogP) is 4.04.